The standard InChI is InChI=1S/C15H16ClN3O/c1-9(2)19-14(12(16)8-18-19)15(20)11-3-4-13-10(7-11)5-6-17-13/h3-4,7-9,17H,5-6H2,1-2H3. The van der Waals surface area contributed by atoms with Crippen LogP contribution in [0.25, 0.3) is 0 Å². The Morgan fingerprint density at radius 3 is 3.00 bits per heavy atom. The summed E-state index contributed by atoms with van der Waals surface area (Å²) in [7, 11) is 0. The molecular formula is C15H16ClN3O. The molecule has 1 aromatic heterocycles. The molecule has 0 bridgehead atoms. The van der Waals surface area contributed by atoms with Crippen molar-refractivity contribution in [3.63, 3.8) is 0 Å². The molecule has 0 fully saturated rings. The average Bonchev–Trinajstić information content (AvgIpc) is 3.03. The Kier molecular flexibility index (Phi) is 3.26. The summed E-state index contributed by atoms with van der Waals surface area (Å²) in [5.74, 6) is -0.0732. The molecule has 0 atom stereocenters. The van der Waals surface area contributed by atoms with Gasteiger partial charge in [-0.05, 0) is 44.0 Å². The van der Waals surface area contributed by atoms with Crippen molar-refractivity contribution in [1.29, 1.82) is 0 Å². The third-order valence-corrected chi connectivity index (χ3v) is 3.81. The van der Waals surface area contributed by atoms with Crippen LogP contribution >= 0.6 is 11.6 Å². The van der Waals surface area contributed by atoms with Gasteiger partial charge in [0.05, 0.1) is 11.2 Å². The molecule has 0 unspecified atom stereocenters. The molecule has 1 aromatic carbocycles. The summed E-state index contributed by atoms with van der Waals surface area (Å²) in [4.78, 5) is 12.7. The summed E-state index contributed by atoms with van der Waals surface area (Å²) >= 11 is 6.13. The maximum Gasteiger partial charge on any atom is 0.212 e. The number of rotatable bonds is 3. The number of ketones is 1. The van der Waals surface area contributed by atoms with Gasteiger partial charge in [-0.1, -0.05) is 11.6 Å². The van der Waals surface area contributed by atoms with Gasteiger partial charge >= 0.3 is 0 Å². The van der Waals surface area contributed by atoms with Crippen molar-refractivity contribution in [2.45, 2.75) is 26.3 Å². The summed E-state index contributed by atoms with van der Waals surface area (Å²) in [5, 5.41) is 7.88. The average molecular weight is 290 g/mol. The van der Waals surface area contributed by atoms with Crippen molar-refractivity contribution in [3.05, 3.63) is 46.2 Å². The van der Waals surface area contributed by atoms with Gasteiger partial charge in [-0.25, -0.2) is 0 Å². The number of halogens is 1. The van der Waals surface area contributed by atoms with Crippen molar-refractivity contribution < 1.29 is 4.79 Å². The molecule has 1 aliphatic rings. The van der Waals surface area contributed by atoms with Gasteiger partial charge < -0.3 is 5.32 Å². The van der Waals surface area contributed by atoms with Crippen LogP contribution in [-0.4, -0.2) is 22.1 Å². The third-order valence-electron chi connectivity index (χ3n) is 3.53. The molecule has 0 radical (unpaired) electrons. The number of carbonyl (C=O) groups excluding carboxylic acids is 1. The van der Waals surface area contributed by atoms with Gasteiger partial charge in [-0.15, -0.1) is 0 Å². The first-order valence-corrected chi connectivity index (χ1v) is 7.10. The molecule has 20 heavy (non-hydrogen) atoms. The van der Waals surface area contributed by atoms with Crippen molar-refractivity contribution in [2.75, 3.05) is 11.9 Å². The maximum atomic E-state index is 12.7. The van der Waals surface area contributed by atoms with Crippen LogP contribution in [0, 0.1) is 0 Å². The van der Waals surface area contributed by atoms with Crippen LogP contribution in [0.15, 0.2) is 24.4 Å². The Labute approximate surface area is 122 Å². The van der Waals surface area contributed by atoms with Crippen LogP contribution in [0.1, 0.15) is 41.5 Å². The monoisotopic (exact) mass is 289 g/mol. The molecule has 1 aliphatic heterocycles. The zero-order valence-corrected chi connectivity index (χ0v) is 12.2. The fraction of sp³-hybridized carbons (Fsp3) is 0.333. The number of benzene rings is 1. The van der Waals surface area contributed by atoms with E-state index in [0.29, 0.717) is 16.3 Å². The lowest BCUT2D eigenvalue weighted by Gasteiger charge is -2.11. The summed E-state index contributed by atoms with van der Waals surface area (Å²) in [6.45, 7) is 4.89. The molecule has 0 saturated carbocycles. The minimum absolute atomic E-state index is 0.0732. The molecule has 104 valence electrons. The number of fused-ring (bicyclic) bond motifs is 1. The van der Waals surface area contributed by atoms with Crippen LogP contribution in [0.4, 0.5) is 5.69 Å². The van der Waals surface area contributed by atoms with Crippen molar-refractivity contribution in [3.8, 4) is 0 Å². The third kappa shape index (κ3) is 2.10. The largest absolute Gasteiger partial charge is 0.384 e. The lowest BCUT2D eigenvalue weighted by atomic mass is 10.0. The van der Waals surface area contributed by atoms with Gasteiger partial charge in [0.25, 0.3) is 0 Å². The highest BCUT2D eigenvalue weighted by molar-refractivity contribution is 6.34. The predicted octanol–water partition coefficient (Wildman–Crippen LogP) is 3.32. The van der Waals surface area contributed by atoms with E-state index in [4.69, 9.17) is 11.6 Å². The number of hydrogen-bond acceptors (Lipinski definition) is 3. The minimum Gasteiger partial charge on any atom is -0.384 e. The minimum atomic E-state index is -0.0732. The molecular weight excluding hydrogens is 274 g/mol. The van der Waals surface area contributed by atoms with Gasteiger partial charge in [-0.2, -0.15) is 5.10 Å². The fourth-order valence-corrected chi connectivity index (χ4v) is 2.74. The first-order chi connectivity index (χ1) is 9.58. The molecule has 5 heteroatoms. The van der Waals surface area contributed by atoms with Crippen LogP contribution in [0.3, 0.4) is 0 Å². The summed E-state index contributed by atoms with van der Waals surface area (Å²) in [6, 6.07) is 5.84. The highest BCUT2D eigenvalue weighted by atomic mass is 35.5. The second-order valence-corrected chi connectivity index (χ2v) is 5.66. The molecule has 4 nitrogen and oxygen atoms in total. The fourth-order valence-electron chi connectivity index (χ4n) is 2.53. The quantitative estimate of drug-likeness (QED) is 0.882. The van der Waals surface area contributed by atoms with E-state index in [1.165, 1.54) is 11.8 Å². The molecule has 2 aromatic rings. The molecule has 0 spiro atoms. The van der Waals surface area contributed by atoms with Gasteiger partial charge in [0.2, 0.25) is 5.78 Å². The highest BCUT2D eigenvalue weighted by Gasteiger charge is 2.22. The van der Waals surface area contributed by atoms with Gasteiger partial charge in [0.1, 0.15) is 5.69 Å². The van der Waals surface area contributed by atoms with Crippen LogP contribution < -0.4 is 5.32 Å². The van der Waals surface area contributed by atoms with Crippen LogP contribution in [-0.2, 0) is 6.42 Å². The van der Waals surface area contributed by atoms with E-state index < -0.39 is 0 Å². The molecule has 3 rings (SSSR count). The van der Waals surface area contributed by atoms with Gasteiger partial charge in [0, 0.05) is 23.8 Å². The second-order valence-electron chi connectivity index (χ2n) is 5.26. The molecule has 0 aliphatic carbocycles. The maximum absolute atomic E-state index is 12.7. The smallest absolute Gasteiger partial charge is 0.212 e. The molecule has 0 amide bonds. The van der Waals surface area contributed by atoms with Crippen molar-refractivity contribution >= 4 is 23.1 Å². The summed E-state index contributed by atoms with van der Waals surface area (Å²) < 4.78 is 1.68. The van der Waals surface area contributed by atoms with E-state index in [-0.39, 0.29) is 11.8 Å². The number of carbonyl (C=O) groups is 1. The van der Waals surface area contributed by atoms with E-state index in [1.54, 1.807) is 4.68 Å². The zero-order chi connectivity index (χ0) is 14.3. The lowest BCUT2D eigenvalue weighted by molar-refractivity contribution is 0.102. The molecule has 0 saturated heterocycles. The zero-order valence-electron chi connectivity index (χ0n) is 11.5. The van der Waals surface area contributed by atoms with E-state index in [2.05, 4.69) is 10.4 Å². The molecule has 2 heterocycles. The first-order valence-electron chi connectivity index (χ1n) is 6.72. The van der Waals surface area contributed by atoms with E-state index in [0.717, 1.165) is 18.7 Å². The second kappa shape index (κ2) is 4.94. The lowest BCUT2D eigenvalue weighted by Crippen LogP contribution is -2.14. The van der Waals surface area contributed by atoms with Crippen molar-refractivity contribution in [1.82, 2.24) is 9.78 Å². The normalized spacial score (nSPS) is 13.4. The number of hydrogen-bond donors (Lipinski definition) is 1. The van der Waals surface area contributed by atoms with Crippen molar-refractivity contribution in [2.24, 2.45) is 0 Å². The van der Waals surface area contributed by atoms with E-state index >= 15 is 0 Å². The van der Waals surface area contributed by atoms with Crippen LogP contribution in [0.5, 0.6) is 0 Å². The van der Waals surface area contributed by atoms with E-state index in [1.807, 2.05) is 32.0 Å². The Bertz CT molecular complexity index is 676. The Morgan fingerprint density at radius 2 is 2.25 bits per heavy atom. The molecule has 1 N–H and O–H groups in total. The summed E-state index contributed by atoms with van der Waals surface area (Å²) in [6.07, 6.45) is 2.48. The SMILES string of the molecule is CC(C)n1ncc(Cl)c1C(=O)c1ccc2c(c1)CCN2. The number of aromatic nitrogens is 2. The first kappa shape index (κ1) is 13.2. The topological polar surface area (TPSA) is 46.9 Å². The summed E-state index contributed by atoms with van der Waals surface area (Å²) in [5.41, 5.74) is 3.43. The Morgan fingerprint density at radius 1 is 1.45 bits per heavy atom. The predicted molar refractivity (Wildman–Crippen MR) is 79.7 cm³/mol. The number of nitrogens with zero attached hydrogens (tertiary/aromatic N) is 2. The van der Waals surface area contributed by atoms with Crippen LogP contribution in [0.2, 0.25) is 5.02 Å². The Balaban J connectivity index is 2.03. The van der Waals surface area contributed by atoms with E-state index in [9.17, 15) is 4.79 Å². The number of nitrogens with one attached hydrogen (secondary N) is 1. The Hall–Kier alpha value is -1.81. The number of anilines is 1. The highest BCUT2D eigenvalue weighted by Crippen LogP contribution is 2.27. The van der Waals surface area contributed by atoms with Gasteiger partial charge in [0.15, 0.2) is 0 Å². The van der Waals surface area contributed by atoms with Gasteiger partial charge in [-0.3, -0.25) is 9.48 Å².